The highest BCUT2D eigenvalue weighted by Gasteiger charge is 2.29. The zero-order chi connectivity index (χ0) is 9.23. The van der Waals surface area contributed by atoms with Crippen LogP contribution in [0.2, 0.25) is 0 Å². The second-order valence-corrected chi connectivity index (χ2v) is 4.22. The average molecular weight is 184 g/mol. The van der Waals surface area contributed by atoms with E-state index in [0.717, 1.165) is 6.92 Å². The summed E-state index contributed by atoms with van der Waals surface area (Å²) in [5.41, 5.74) is 0. The molecule has 0 aromatic carbocycles. The molecule has 6 heteroatoms. The summed E-state index contributed by atoms with van der Waals surface area (Å²) in [4.78, 5) is 0. The van der Waals surface area contributed by atoms with Crippen LogP contribution < -0.4 is 0 Å². The van der Waals surface area contributed by atoms with Gasteiger partial charge in [0, 0.05) is 0 Å². The second-order valence-electron chi connectivity index (χ2n) is 2.45. The van der Waals surface area contributed by atoms with Crippen molar-refractivity contribution in [2.45, 2.75) is 31.3 Å². The maximum atomic E-state index is 10.4. The predicted molar refractivity (Wildman–Crippen MR) is 38.7 cm³/mol. The number of aliphatic hydroxyl groups excluding tert-OH is 2. The Morgan fingerprint density at radius 2 is 1.55 bits per heavy atom. The molecule has 0 saturated heterocycles. The summed E-state index contributed by atoms with van der Waals surface area (Å²) in [6.07, 6.45) is -2.63. The van der Waals surface area contributed by atoms with E-state index in [1.807, 2.05) is 0 Å². The number of hydrogen-bond acceptors (Lipinski definition) is 4. The van der Waals surface area contributed by atoms with Crippen LogP contribution in [0.3, 0.4) is 0 Å². The standard InChI is InChI=1S/C5H12O5S/c1-3(6)5(7)4(2)11(8,9)10/h3-7H,1-2H3,(H,8,9,10). The molecule has 0 aromatic heterocycles. The van der Waals surface area contributed by atoms with Crippen molar-refractivity contribution in [2.24, 2.45) is 0 Å². The minimum Gasteiger partial charge on any atom is -0.391 e. The van der Waals surface area contributed by atoms with Gasteiger partial charge < -0.3 is 10.2 Å². The van der Waals surface area contributed by atoms with Crippen molar-refractivity contribution in [1.82, 2.24) is 0 Å². The minimum absolute atomic E-state index is 1.12. The summed E-state index contributed by atoms with van der Waals surface area (Å²) >= 11 is 0. The molecule has 68 valence electrons. The molecule has 5 nitrogen and oxygen atoms in total. The van der Waals surface area contributed by atoms with Crippen LogP contribution in [-0.4, -0.2) is 40.6 Å². The zero-order valence-electron chi connectivity index (χ0n) is 6.30. The lowest BCUT2D eigenvalue weighted by atomic mass is 10.2. The molecule has 0 aliphatic heterocycles. The second kappa shape index (κ2) is 3.48. The van der Waals surface area contributed by atoms with Crippen molar-refractivity contribution in [3.8, 4) is 0 Å². The molecule has 0 fully saturated rings. The summed E-state index contributed by atoms with van der Waals surface area (Å²) in [7, 11) is -4.26. The van der Waals surface area contributed by atoms with Crippen molar-refractivity contribution in [1.29, 1.82) is 0 Å². The third-order valence-corrected chi connectivity index (χ3v) is 2.66. The van der Waals surface area contributed by atoms with Crippen LogP contribution in [0.1, 0.15) is 13.8 Å². The Morgan fingerprint density at radius 1 is 1.18 bits per heavy atom. The summed E-state index contributed by atoms with van der Waals surface area (Å²) in [5.74, 6) is 0. The monoisotopic (exact) mass is 184 g/mol. The van der Waals surface area contributed by atoms with Crippen LogP contribution in [0.4, 0.5) is 0 Å². The van der Waals surface area contributed by atoms with Crippen LogP contribution in [0, 0.1) is 0 Å². The van der Waals surface area contributed by atoms with E-state index in [-0.39, 0.29) is 0 Å². The first-order valence-electron chi connectivity index (χ1n) is 3.09. The number of hydrogen-bond donors (Lipinski definition) is 3. The smallest absolute Gasteiger partial charge is 0.270 e. The maximum Gasteiger partial charge on any atom is 0.270 e. The van der Waals surface area contributed by atoms with Crippen molar-refractivity contribution >= 4 is 10.1 Å². The van der Waals surface area contributed by atoms with E-state index in [0.29, 0.717) is 0 Å². The van der Waals surface area contributed by atoms with E-state index in [9.17, 15) is 8.42 Å². The highest BCUT2D eigenvalue weighted by molar-refractivity contribution is 7.86. The first-order valence-corrected chi connectivity index (χ1v) is 4.59. The van der Waals surface area contributed by atoms with Crippen molar-refractivity contribution < 1.29 is 23.2 Å². The van der Waals surface area contributed by atoms with Gasteiger partial charge in [0.1, 0.15) is 5.25 Å². The molecule has 0 amide bonds. The van der Waals surface area contributed by atoms with Gasteiger partial charge in [-0.2, -0.15) is 8.42 Å². The van der Waals surface area contributed by atoms with Gasteiger partial charge in [-0.1, -0.05) is 0 Å². The fourth-order valence-electron chi connectivity index (χ4n) is 0.568. The average Bonchev–Trinajstić information content (AvgIpc) is 1.82. The van der Waals surface area contributed by atoms with Gasteiger partial charge in [0.05, 0.1) is 12.2 Å². The van der Waals surface area contributed by atoms with Gasteiger partial charge in [-0.05, 0) is 13.8 Å². The number of rotatable bonds is 3. The van der Waals surface area contributed by atoms with Crippen molar-refractivity contribution in [3.63, 3.8) is 0 Å². The van der Waals surface area contributed by atoms with Gasteiger partial charge in [0.15, 0.2) is 0 Å². The summed E-state index contributed by atoms with van der Waals surface area (Å²) in [6, 6.07) is 0. The highest BCUT2D eigenvalue weighted by Crippen LogP contribution is 2.07. The third kappa shape index (κ3) is 3.15. The first kappa shape index (κ1) is 10.8. The van der Waals surface area contributed by atoms with Gasteiger partial charge in [0.2, 0.25) is 0 Å². The Bertz CT molecular complexity index is 207. The molecule has 0 aliphatic carbocycles. The van der Waals surface area contributed by atoms with Crippen molar-refractivity contribution in [2.75, 3.05) is 0 Å². The van der Waals surface area contributed by atoms with Crippen LogP contribution in [0.5, 0.6) is 0 Å². The molecule has 0 heterocycles. The van der Waals surface area contributed by atoms with E-state index < -0.39 is 27.6 Å². The molecule has 3 unspecified atom stereocenters. The van der Waals surface area contributed by atoms with E-state index in [4.69, 9.17) is 14.8 Å². The fourth-order valence-corrected chi connectivity index (χ4v) is 1.15. The summed E-state index contributed by atoms with van der Waals surface area (Å²) < 4.78 is 29.1. The Kier molecular flexibility index (Phi) is 3.43. The quantitative estimate of drug-likeness (QED) is 0.489. The Labute approximate surface area is 65.4 Å². The number of aliphatic hydroxyl groups is 2. The van der Waals surface area contributed by atoms with Crippen LogP contribution in [-0.2, 0) is 10.1 Å². The largest absolute Gasteiger partial charge is 0.391 e. The minimum atomic E-state index is -4.26. The van der Waals surface area contributed by atoms with E-state index >= 15 is 0 Å². The van der Waals surface area contributed by atoms with Crippen LogP contribution in [0.15, 0.2) is 0 Å². The highest BCUT2D eigenvalue weighted by atomic mass is 32.2. The Balaban J connectivity index is 4.38. The summed E-state index contributed by atoms with van der Waals surface area (Å²) in [5, 5.41) is 16.3. The molecule has 11 heavy (non-hydrogen) atoms. The molecule has 0 saturated carbocycles. The lowest BCUT2D eigenvalue weighted by molar-refractivity contribution is 0.0301. The van der Waals surface area contributed by atoms with Gasteiger partial charge in [-0.3, -0.25) is 4.55 Å². The van der Waals surface area contributed by atoms with Gasteiger partial charge in [-0.15, -0.1) is 0 Å². The Hall–Kier alpha value is -0.170. The topological polar surface area (TPSA) is 94.8 Å². The van der Waals surface area contributed by atoms with E-state index in [1.165, 1.54) is 6.92 Å². The van der Waals surface area contributed by atoms with Gasteiger partial charge >= 0.3 is 0 Å². The Morgan fingerprint density at radius 3 is 1.64 bits per heavy atom. The normalized spacial score (nSPS) is 20.8. The van der Waals surface area contributed by atoms with Crippen LogP contribution >= 0.6 is 0 Å². The van der Waals surface area contributed by atoms with Crippen molar-refractivity contribution in [3.05, 3.63) is 0 Å². The molecule has 0 spiro atoms. The van der Waals surface area contributed by atoms with Crippen LogP contribution in [0.25, 0.3) is 0 Å². The van der Waals surface area contributed by atoms with Gasteiger partial charge in [0.25, 0.3) is 10.1 Å². The van der Waals surface area contributed by atoms with Gasteiger partial charge in [-0.25, -0.2) is 0 Å². The lowest BCUT2D eigenvalue weighted by Crippen LogP contribution is -2.38. The molecule has 0 bridgehead atoms. The fraction of sp³-hybridized carbons (Fsp3) is 1.00. The molecule has 0 aliphatic rings. The lowest BCUT2D eigenvalue weighted by Gasteiger charge is -2.17. The molecule has 0 radical (unpaired) electrons. The predicted octanol–water partition coefficient (Wildman–Crippen LogP) is -0.996. The molecule has 0 aromatic rings. The zero-order valence-corrected chi connectivity index (χ0v) is 7.11. The SMILES string of the molecule is CC(O)C(O)C(C)S(=O)(=O)O. The third-order valence-electron chi connectivity index (χ3n) is 1.45. The molecule has 0 rings (SSSR count). The molecular formula is C5H12O5S. The van der Waals surface area contributed by atoms with E-state index in [2.05, 4.69) is 0 Å². The first-order chi connectivity index (χ1) is 4.76. The molecule has 3 atom stereocenters. The summed E-state index contributed by atoms with van der Waals surface area (Å²) in [6.45, 7) is 2.36. The van der Waals surface area contributed by atoms with E-state index in [1.54, 1.807) is 0 Å². The molecule has 3 N–H and O–H groups in total. The maximum absolute atomic E-state index is 10.4. The molecular weight excluding hydrogens is 172 g/mol.